The molecule has 1 fully saturated rings. The van der Waals surface area contributed by atoms with Crippen LogP contribution in [-0.4, -0.2) is 48.1 Å². The molecule has 1 N–H and O–H groups in total. The first kappa shape index (κ1) is 21.4. The zero-order chi connectivity index (χ0) is 21.6. The summed E-state index contributed by atoms with van der Waals surface area (Å²) >= 11 is 0. The van der Waals surface area contributed by atoms with Crippen LogP contribution in [0.15, 0.2) is 60.7 Å². The van der Waals surface area contributed by atoms with Crippen LogP contribution < -0.4 is 5.32 Å². The summed E-state index contributed by atoms with van der Waals surface area (Å²) < 4.78 is 10.2. The van der Waals surface area contributed by atoms with Gasteiger partial charge in [-0.2, -0.15) is 0 Å². The van der Waals surface area contributed by atoms with E-state index in [0.29, 0.717) is 19.4 Å². The molecule has 0 aromatic heterocycles. The first-order valence-electron chi connectivity index (χ1n) is 9.87. The maximum atomic E-state index is 13.2. The number of esters is 1. The average molecular weight is 410 g/mol. The number of hydrogen-bond donors (Lipinski definition) is 1. The molecule has 7 nitrogen and oxygen atoms in total. The Hall–Kier alpha value is -3.35. The second-order valence-electron chi connectivity index (χ2n) is 7.35. The number of benzene rings is 2. The Labute approximate surface area is 176 Å². The van der Waals surface area contributed by atoms with Crippen LogP contribution in [0.1, 0.15) is 24.5 Å². The highest BCUT2D eigenvalue weighted by Crippen LogP contribution is 2.35. The van der Waals surface area contributed by atoms with Gasteiger partial charge in [0.15, 0.2) is 0 Å². The number of likely N-dealkylation sites (tertiary alicyclic amines) is 1. The molecule has 0 saturated carbocycles. The van der Waals surface area contributed by atoms with Crippen LogP contribution in [0.5, 0.6) is 0 Å². The smallest absolute Gasteiger partial charge is 0.411 e. The molecule has 0 bridgehead atoms. The largest absolute Gasteiger partial charge is 0.467 e. The topological polar surface area (TPSA) is 84.9 Å². The molecule has 3 rings (SSSR count). The van der Waals surface area contributed by atoms with E-state index >= 15 is 0 Å². The van der Waals surface area contributed by atoms with E-state index in [1.807, 2.05) is 60.7 Å². The third-order valence-corrected chi connectivity index (χ3v) is 5.36. The number of methoxy groups -OCH3 is 1. The molecule has 0 radical (unpaired) electrons. The molecule has 158 valence electrons. The van der Waals surface area contributed by atoms with Crippen molar-refractivity contribution in [1.29, 1.82) is 0 Å². The van der Waals surface area contributed by atoms with Gasteiger partial charge in [0, 0.05) is 13.0 Å². The maximum Gasteiger partial charge on any atom is 0.411 e. The van der Waals surface area contributed by atoms with Crippen molar-refractivity contribution in [2.75, 3.05) is 13.7 Å². The van der Waals surface area contributed by atoms with Gasteiger partial charge in [0.2, 0.25) is 5.91 Å². The Balaban J connectivity index is 1.77. The molecular formula is C23H26N2O5. The monoisotopic (exact) mass is 410 g/mol. The van der Waals surface area contributed by atoms with Crippen molar-refractivity contribution in [3.8, 4) is 0 Å². The predicted octanol–water partition coefficient (Wildman–Crippen LogP) is 2.69. The van der Waals surface area contributed by atoms with Crippen molar-refractivity contribution in [2.45, 2.75) is 38.0 Å². The van der Waals surface area contributed by atoms with Gasteiger partial charge in [-0.25, -0.2) is 9.59 Å². The molecule has 0 spiro atoms. The Bertz CT molecular complexity index is 887. The van der Waals surface area contributed by atoms with E-state index in [2.05, 4.69) is 5.32 Å². The number of ether oxygens (including phenoxy) is 2. The van der Waals surface area contributed by atoms with Gasteiger partial charge in [-0.05, 0) is 24.5 Å². The fourth-order valence-corrected chi connectivity index (χ4v) is 3.56. The van der Waals surface area contributed by atoms with Crippen molar-refractivity contribution in [3.63, 3.8) is 0 Å². The summed E-state index contributed by atoms with van der Waals surface area (Å²) in [5.41, 5.74) is 0.667. The van der Waals surface area contributed by atoms with Gasteiger partial charge in [-0.15, -0.1) is 0 Å². The van der Waals surface area contributed by atoms with Crippen LogP contribution in [0.25, 0.3) is 0 Å². The zero-order valence-electron chi connectivity index (χ0n) is 17.2. The SMILES string of the molecule is COC(=O)[C@H](C)NC(=O)C1(Cc2ccccc2)CCN1C(=O)OCc1ccccc1. The van der Waals surface area contributed by atoms with Crippen LogP contribution in [0.3, 0.4) is 0 Å². The van der Waals surface area contributed by atoms with Crippen LogP contribution in [0.2, 0.25) is 0 Å². The maximum absolute atomic E-state index is 13.2. The number of nitrogens with one attached hydrogen (secondary N) is 1. The Kier molecular flexibility index (Phi) is 6.72. The van der Waals surface area contributed by atoms with E-state index in [0.717, 1.165) is 11.1 Å². The van der Waals surface area contributed by atoms with Crippen molar-refractivity contribution in [3.05, 3.63) is 71.8 Å². The lowest BCUT2D eigenvalue weighted by Crippen LogP contribution is -2.71. The van der Waals surface area contributed by atoms with Gasteiger partial charge in [-0.1, -0.05) is 60.7 Å². The molecular weight excluding hydrogens is 384 g/mol. The Morgan fingerprint density at radius 1 is 1.03 bits per heavy atom. The molecule has 1 heterocycles. The minimum Gasteiger partial charge on any atom is -0.467 e. The summed E-state index contributed by atoms with van der Waals surface area (Å²) in [6.45, 7) is 2.08. The van der Waals surface area contributed by atoms with Gasteiger partial charge < -0.3 is 14.8 Å². The van der Waals surface area contributed by atoms with E-state index in [-0.39, 0.29) is 6.61 Å². The minimum atomic E-state index is -1.11. The van der Waals surface area contributed by atoms with Crippen LogP contribution in [-0.2, 0) is 32.1 Å². The average Bonchev–Trinajstić information content (AvgIpc) is 2.75. The van der Waals surface area contributed by atoms with Crippen LogP contribution in [0.4, 0.5) is 4.79 Å². The van der Waals surface area contributed by atoms with E-state index in [1.165, 1.54) is 12.0 Å². The van der Waals surface area contributed by atoms with Gasteiger partial charge in [0.25, 0.3) is 0 Å². The predicted molar refractivity (Wildman–Crippen MR) is 110 cm³/mol. The molecule has 0 aliphatic carbocycles. The minimum absolute atomic E-state index is 0.123. The van der Waals surface area contributed by atoms with E-state index < -0.39 is 29.6 Å². The van der Waals surface area contributed by atoms with Crippen LogP contribution in [0, 0.1) is 0 Å². The number of amides is 2. The van der Waals surface area contributed by atoms with Crippen molar-refractivity contribution >= 4 is 18.0 Å². The van der Waals surface area contributed by atoms with Crippen molar-refractivity contribution in [1.82, 2.24) is 10.2 Å². The summed E-state index contributed by atoms with van der Waals surface area (Å²) in [6.07, 6.45) is 0.248. The molecule has 1 aliphatic rings. The summed E-state index contributed by atoms with van der Waals surface area (Å²) in [5.74, 6) is -0.942. The molecule has 2 aromatic rings. The third kappa shape index (κ3) is 4.62. The lowest BCUT2D eigenvalue weighted by molar-refractivity contribution is -0.149. The summed E-state index contributed by atoms with van der Waals surface area (Å²) in [5, 5.41) is 2.69. The van der Waals surface area contributed by atoms with Crippen molar-refractivity contribution < 1.29 is 23.9 Å². The fraction of sp³-hybridized carbons (Fsp3) is 0.348. The number of rotatable bonds is 7. The molecule has 30 heavy (non-hydrogen) atoms. The normalized spacial score (nSPS) is 18.7. The lowest BCUT2D eigenvalue weighted by Gasteiger charge is -2.50. The highest BCUT2D eigenvalue weighted by atomic mass is 16.6. The quantitative estimate of drug-likeness (QED) is 0.710. The fourth-order valence-electron chi connectivity index (χ4n) is 3.56. The third-order valence-electron chi connectivity index (χ3n) is 5.36. The second-order valence-corrected chi connectivity index (χ2v) is 7.35. The highest BCUT2D eigenvalue weighted by Gasteiger charge is 2.54. The summed E-state index contributed by atoms with van der Waals surface area (Å²) in [4.78, 5) is 39.2. The highest BCUT2D eigenvalue weighted by molar-refractivity contribution is 5.94. The zero-order valence-corrected chi connectivity index (χ0v) is 17.2. The van der Waals surface area contributed by atoms with Gasteiger partial charge >= 0.3 is 12.1 Å². The first-order valence-corrected chi connectivity index (χ1v) is 9.87. The molecule has 2 amide bonds. The number of carbonyl (C=O) groups is 3. The molecule has 7 heteroatoms. The van der Waals surface area contributed by atoms with Gasteiger partial charge in [0.05, 0.1) is 7.11 Å². The summed E-state index contributed by atoms with van der Waals surface area (Å²) in [6, 6.07) is 18.0. The van der Waals surface area contributed by atoms with Gasteiger partial charge in [0.1, 0.15) is 18.2 Å². The standard InChI is InChI=1S/C23H26N2O5/c1-17(20(26)29-2)24-21(27)23(15-18-9-5-3-6-10-18)13-14-25(23)22(28)30-16-19-11-7-4-8-12-19/h3-12,17H,13-16H2,1-2H3,(H,24,27)/t17-,23?/m0/s1. The summed E-state index contributed by atoms with van der Waals surface area (Å²) in [7, 11) is 1.27. The Morgan fingerprint density at radius 2 is 1.63 bits per heavy atom. The van der Waals surface area contributed by atoms with Gasteiger partial charge in [-0.3, -0.25) is 9.69 Å². The van der Waals surface area contributed by atoms with Crippen molar-refractivity contribution in [2.24, 2.45) is 0 Å². The lowest BCUT2D eigenvalue weighted by atomic mass is 9.78. The molecule has 1 saturated heterocycles. The second kappa shape index (κ2) is 9.43. The molecule has 1 unspecified atom stereocenters. The Morgan fingerprint density at radius 3 is 2.17 bits per heavy atom. The number of nitrogens with zero attached hydrogens (tertiary/aromatic N) is 1. The van der Waals surface area contributed by atoms with Crippen LogP contribution >= 0.6 is 0 Å². The van der Waals surface area contributed by atoms with E-state index in [4.69, 9.17) is 9.47 Å². The molecule has 2 aromatic carbocycles. The molecule has 2 atom stereocenters. The number of carbonyl (C=O) groups excluding carboxylic acids is 3. The van der Waals surface area contributed by atoms with E-state index in [9.17, 15) is 14.4 Å². The first-order chi connectivity index (χ1) is 14.5. The van der Waals surface area contributed by atoms with E-state index in [1.54, 1.807) is 6.92 Å². The number of hydrogen-bond acceptors (Lipinski definition) is 5. The molecule has 1 aliphatic heterocycles.